The summed E-state index contributed by atoms with van der Waals surface area (Å²) >= 11 is 0. The van der Waals surface area contributed by atoms with E-state index in [-0.39, 0.29) is 1.43 Å². The number of nitrogens with one attached hydrogen (secondary N) is 1. The van der Waals surface area contributed by atoms with Crippen LogP contribution in [-0.4, -0.2) is 29.7 Å². The Bertz CT molecular complexity index is 609. The number of hydrogen-bond acceptors (Lipinski definition) is 4. The lowest BCUT2D eigenvalue weighted by Crippen LogP contribution is -2.04. The quantitative estimate of drug-likeness (QED) is 0.383. The molecule has 0 saturated carbocycles. The van der Waals surface area contributed by atoms with Gasteiger partial charge >= 0.3 is 0 Å². The van der Waals surface area contributed by atoms with Gasteiger partial charge in [0.05, 0.1) is 17.2 Å². The van der Waals surface area contributed by atoms with Crippen molar-refractivity contribution in [2.75, 3.05) is 25.1 Å². The largest absolute Gasteiger partial charge is 0.381 e. The highest BCUT2D eigenvalue weighted by molar-refractivity contribution is 5.75. The molecule has 1 aromatic carbocycles. The van der Waals surface area contributed by atoms with E-state index in [1.165, 1.54) is 64.2 Å². The molecule has 146 valence electrons. The van der Waals surface area contributed by atoms with E-state index in [9.17, 15) is 0 Å². The Morgan fingerprint density at radius 2 is 1.50 bits per heavy atom. The average Bonchev–Trinajstić information content (AvgIpc) is 2.68. The van der Waals surface area contributed by atoms with E-state index >= 15 is 0 Å². The van der Waals surface area contributed by atoms with Crippen molar-refractivity contribution in [1.82, 2.24) is 9.97 Å². The van der Waals surface area contributed by atoms with Gasteiger partial charge in [-0.2, -0.15) is 0 Å². The van der Waals surface area contributed by atoms with Crippen LogP contribution in [0.5, 0.6) is 0 Å². The summed E-state index contributed by atoms with van der Waals surface area (Å²) in [6.07, 6.45) is 14.6. The Morgan fingerprint density at radius 3 is 2.27 bits per heavy atom. The molecule has 26 heavy (non-hydrogen) atoms. The van der Waals surface area contributed by atoms with Crippen LogP contribution in [0.2, 0.25) is 0 Å². The third-order valence-corrected chi connectivity index (χ3v) is 4.61. The molecule has 0 spiro atoms. The van der Waals surface area contributed by atoms with Crippen molar-refractivity contribution in [2.45, 2.75) is 71.1 Å². The fraction of sp³-hybridized carbons (Fsp3) is 0.636. The molecule has 0 unspecified atom stereocenters. The van der Waals surface area contributed by atoms with Crippen LogP contribution in [0, 0.1) is 0 Å². The molecule has 0 saturated heterocycles. The maximum atomic E-state index is 5.68. The van der Waals surface area contributed by atoms with Gasteiger partial charge in [0, 0.05) is 21.2 Å². The first-order valence-corrected chi connectivity index (χ1v) is 10.4. The highest BCUT2D eigenvalue weighted by atomic mass is 16.5. The Kier molecular flexibility index (Phi) is 10.7. The van der Waals surface area contributed by atoms with Gasteiger partial charge in [0.25, 0.3) is 0 Å². The molecule has 1 heterocycles. The summed E-state index contributed by atoms with van der Waals surface area (Å²) in [5, 5.41) is 3.38. The van der Waals surface area contributed by atoms with E-state index in [2.05, 4.69) is 22.2 Å². The molecule has 0 bridgehead atoms. The lowest BCUT2D eigenvalue weighted by molar-refractivity contribution is 0.126. The predicted octanol–water partition coefficient (Wildman–Crippen LogP) is 6.23. The summed E-state index contributed by atoms with van der Waals surface area (Å²) in [7, 11) is 0. The summed E-state index contributed by atoms with van der Waals surface area (Å²) in [6.45, 7) is 5.10. The third kappa shape index (κ3) is 8.61. The zero-order valence-electron chi connectivity index (χ0n) is 16.4. The normalized spacial score (nSPS) is 11.1. The zero-order chi connectivity index (χ0) is 18.3. The number of aromatic nitrogens is 2. The second-order valence-electron chi connectivity index (χ2n) is 6.97. The first-order chi connectivity index (χ1) is 12.9. The number of rotatable bonds is 15. The van der Waals surface area contributed by atoms with Gasteiger partial charge in [-0.05, 0) is 31.4 Å². The van der Waals surface area contributed by atoms with Gasteiger partial charge in [0.1, 0.15) is 5.82 Å². The number of fused-ring (bicyclic) bond motifs is 1. The van der Waals surface area contributed by atoms with Crippen LogP contribution in [0.25, 0.3) is 11.0 Å². The van der Waals surface area contributed by atoms with Crippen molar-refractivity contribution in [3.8, 4) is 0 Å². The Balaban J connectivity index is 0.00000364. The number of benzene rings is 1. The molecule has 4 nitrogen and oxygen atoms in total. The number of anilines is 1. The monoisotopic (exact) mass is 359 g/mol. The number of para-hydroxylation sites is 2. The second kappa shape index (κ2) is 13.5. The molecule has 4 heteroatoms. The number of nitrogens with zero attached hydrogens (tertiary/aromatic N) is 2. The molecule has 2 aromatic rings. The van der Waals surface area contributed by atoms with E-state index in [1.807, 2.05) is 30.5 Å². The number of unbranched alkanes of at least 4 members (excludes halogenated alkanes) is 8. The van der Waals surface area contributed by atoms with Crippen LogP contribution in [0.1, 0.15) is 72.6 Å². The van der Waals surface area contributed by atoms with Crippen molar-refractivity contribution in [3.05, 3.63) is 30.5 Å². The van der Waals surface area contributed by atoms with Crippen molar-refractivity contribution in [1.29, 1.82) is 0 Å². The topological polar surface area (TPSA) is 47.0 Å². The highest BCUT2D eigenvalue weighted by Gasteiger charge is 1.98. The SMILES string of the molecule is CCCCCCOCCCCCCCCNc1cnc2ccccc2n1.[HH]. The van der Waals surface area contributed by atoms with Crippen LogP contribution in [0.4, 0.5) is 5.82 Å². The second-order valence-corrected chi connectivity index (χ2v) is 6.97. The van der Waals surface area contributed by atoms with E-state index in [0.717, 1.165) is 36.6 Å². The minimum Gasteiger partial charge on any atom is -0.381 e. The maximum absolute atomic E-state index is 5.68. The van der Waals surface area contributed by atoms with Gasteiger partial charge in [-0.3, -0.25) is 4.98 Å². The van der Waals surface area contributed by atoms with Gasteiger partial charge in [-0.15, -0.1) is 0 Å². The van der Waals surface area contributed by atoms with Crippen LogP contribution >= 0.6 is 0 Å². The molecule has 0 aliphatic heterocycles. The molecular weight excluding hydrogens is 322 g/mol. The molecule has 0 atom stereocenters. The molecule has 0 amide bonds. The summed E-state index contributed by atoms with van der Waals surface area (Å²) in [5.74, 6) is 0.875. The van der Waals surface area contributed by atoms with E-state index < -0.39 is 0 Å². The van der Waals surface area contributed by atoms with Crippen molar-refractivity contribution in [2.24, 2.45) is 0 Å². The van der Waals surface area contributed by atoms with Crippen LogP contribution in [0.15, 0.2) is 30.5 Å². The molecule has 0 aliphatic carbocycles. The van der Waals surface area contributed by atoms with Gasteiger partial charge < -0.3 is 10.1 Å². The van der Waals surface area contributed by atoms with Gasteiger partial charge in [-0.1, -0.05) is 64.0 Å². The first kappa shape index (κ1) is 20.6. The molecule has 1 N–H and O–H groups in total. The van der Waals surface area contributed by atoms with Crippen LogP contribution in [-0.2, 0) is 4.74 Å². The van der Waals surface area contributed by atoms with E-state index in [4.69, 9.17) is 4.74 Å². The minimum atomic E-state index is 0. The van der Waals surface area contributed by atoms with E-state index in [0.29, 0.717) is 0 Å². The van der Waals surface area contributed by atoms with Crippen LogP contribution < -0.4 is 5.32 Å². The summed E-state index contributed by atoms with van der Waals surface area (Å²) < 4.78 is 5.68. The van der Waals surface area contributed by atoms with Crippen molar-refractivity contribution in [3.63, 3.8) is 0 Å². The number of ether oxygens (including phenoxy) is 1. The summed E-state index contributed by atoms with van der Waals surface area (Å²) in [6, 6.07) is 7.98. The predicted molar refractivity (Wildman–Crippen MR) is 113 cm³/mol. The fourth-order valence-electron chi connectivity index (χ4n) is 3.03. The lowest BCUT2D eigenvalue weighted by atomic mass is 10.1. The average molecular weight is 360 g/mol. The lowest BCUT2D eigenvalue weighted by Gasteiger charge is -2.06. The molecule has 1 aromatic heterocycles. The van der Waals surface area contributed by atoms with Crippen molar-refractivity contribution >= 4 is 16.9 Å². The molecule has 0 radical (unpaired) electrons. The fourth-order valence-corrected chi connectivity index (χ4v) is 3.03. The number of hydrogen-bond donors (Lipinski definition) is 1. The molecule has 2 rings (SSSR count). The Labute approximate surface area is 160 Å². The summed E-state index contributed by atoms with van der Waals surface area (Å²) in [5.41, 5.74) is 1.90. The Hall–Kier alpha value is -1.68. The standard InChI is InChI=1S/C22H35N3O.H2/c1-2-3-4-12-17-26-18-13-8-6-5-7-11-16-23-22-19-24-20-14-9-10-15-21(20)25-22;/h9-10,14-15,19H,2-8,11-13,16-18H2,1H3,(H,23,25);1H. The molecule has 0 aliphatic rings. The van der Waals surface area contributed by atoms with Crippen molar-refractivity contribution < 1.29 is 6.16 Å². The van der Waals surface area contributed by atoms with E-state index in [1.54, 1.807) is 0 Å². The van der Waals surface area contributed by atoms with Gasteiger partial charge in [0.2, 0.25) is 0 Å². The molecule has 0 fully saturated rings. The maximum Gasteiger partial charge on any atom is 0.145 e. The third-order valence-electron chi connectivity index (χ3n) is 4.61. The van der Waals surface area contributed by atoms with Gasteiger partial charge in [0.15, 0.2) is 0 Å². The molecular formula is C22H37N3O. The Morgan fingerprint density at radius 1 is 0.846 bits per heavy atom. The smallest absolute Gasteiger partial charge is 0.145 e. The highest BCUT2D eigenvalue weighted by Crippen LogP contribution is 2.12. The summed E-state index contributed by atoms with van der Waals surface area (Å²) in [4.78, 5) is 9.02. The first-order valence-electron chi connectivity index (χ1n) is 10.4. The van der Waals surface area contributed by atoms with Gasteiger partial charge in [-0.25, -0.2) is 4.98 Å². The minimum absolute atomic E-state index is 0. The van der Waals surface area contributed by atoms with Crippen LogP contribution in [0.3, 0.4) is 0 Å². The zero-order valence-corrected chi connectivity index (χ0v) is 16.4.